The minimum atomic E-state index is 0. The molecule has 0 fully saturated rings. The molecule has 0 radical (unpaired) electrons. The van der Waals surface area contributed by atoms with Crippen LogP contribution in [-0.4, -0.2) is 12.3 Å². The fourth-order valence-electron chi connectivity index (χ4n) is 1.41. The molecule has 2 rings (SSSR count). The third-order valence-electron chi connectivity index (χ3n) is 2.13. The summed E-state index contributed by atoms with van der Waals surface area (Å²) in [4.78, 5) is 1.40. The van der Waals surface area contributed by atoms with Crippen molar-refractivity contribution in [1.29, 1.82) is 0 Å². The van der Waals surface area contributed by atoms with Gasteiger partial charge >= 0.3 is 0 Å². The average molecular weight is 181 g/mol. The molecule has 1 N–H and O–H groups in total. The van der Waals surface area contributed by atoms with Crippen molar-refractivity contribution in [2.75, 3.05) is 17.6 Å². The van der Waals surface area contributed by atoms with E-state index in [4.69, 9.17) is 0 Å². The van der Waals surface area contributed by atoms with Gasteiger partial charge in [-0.1, -0.05) is 13.0 Å². The standard InChI is InChI=1S/C10H13NS.H2/c1-2-8-3-4-10-9(7-8)11-5-6-12-10;/h3-4,7,11H,2,5-6H2,1H3;1H. The molecule has 0 saturated carbocycles. The van der Waals surface area contributed by atoms with E-state index in [1.54, 1.807) is 0 Å². The molecule has 0 aliphatic carbocycles. The lowest BCUT2D eigenvalue weighted by molar-refractivity contribution is 1.11. The maximum Gasteiger partial charge on any atom is 0.0481 e. The number of anilines is 1. The highest BCUT2D eigenvalue weighted by molar-refractivity contribution is 7.99. The molecule has 2 heteroatoms. The predicted octanol–water partition coefficient (Wildman–Crippen LogP) is 3.01. The van der Waals surface area contributed by atoms with Crippen LogP contribution in [0.2, 0.25) is 0 Å². The van der Waals surface area contributed by atoms with Gasteiger partial charge in [0.15, 0.2) is 0 Å². The molecular weight excluding hydrogens is 166 g/mol. The molecule has 0 unspecified atom stereocenters. The monoisotopic (exact) mass is 181 g/mol. The third-order valence-corrected chi connectivity index (χ3v) is 3.20. The second-order valence-corrected chi connectivity index (χ2v) is 4.10. The van der Waals surface area contributed by atoms with Crippen LogP contribution in [0.5, 0.6) is 0 Å². The summed E-state index contributed by atoms with van der Waals surface area (Å²) >= 11 is 1.95. The molecule has 12 heavy (non-hydrogen) atoms. The van der Waals surface area contributed by atoms with E-state index in [1.807, 2.05) is 11.8 Å². The maximum absolute atomic E-state index is 3.42. The van der Waals surface area contributed by atoms with E-state index in [9.17, 15) is 0 Å². The Kier molecular flexibility index (Phi) is 2.26. The Bertz CT molecular complexity index is 288. The first-order valence-electron chi connectivity index (χ1n) is 4.40. The summed E-state index contributed by atoms with van der Waals surface area (Å²) in [7, 11) is 0. The lowest BCUT2D eigenvalue weighted by atomic mass is 10.1. The first kappa shape index (κ1) is 7.99. The number of thioether (sulfide) groups is 1. The number of aryl methyl sites for hydroxylation is 1. The molecule has 0 aromatic heterocycles. The van der Waals surface area contributed by atoms with Crippen molar-refractivity contribution in [2.24, 2.45) is 0 Å². The van der Waals surface area contributed by atoms with Crippen LogP contribution in [0.4, 0.5) is 5.69 Å². The average Bonchev–Trinajstić information content (AvgIpc) is 2.17. The summed E-state index contributed by atoms with van der Waals surface area (Å²) < 4.78 is 0. The van der Waals surface area contributed by atoms with Crippen LogP contribution in [-0.2, 0) is 6.42 Å². The van der Waals surface area contributed by atoms with E-state index in [0.717, 1.165) is 13.0 Å². The summed E-state index contributed by atoms with van der Waals surface area (Å²) in [5.74, 6) is 1.19. The first-order valence-corrected chi connectivity index (χ1v) is 5.38. The number of rotatable bonds is 1. The molecular formula is C10H15NS. The molecule has 1 nitrogen and oxygen atoms in total. The molecule has 1 aliphatic heterocycles. The fraction of sp³-hybridized carbons (Fsp3) is 0.400. The number of hydrogen-bond acceptors (Lipinski definition) is 2. The zero-order valence-electron chi connectivity index (χ0n) is 7.26. The smallest absolute Gasteiger partial charge is 0.0481 e. The van der Waals surface area contributed by atoms with E-state index in [1.165, 1.54) is 21.9 Å². The molecule has 66 valence electrons. The normalized spacial score (nSPS) is 15.1. The Morgan fingerprint density at radius 1 is 1.58 bits per heavy atom. The van der Waals surface area contributed by atoms with Gasteiger partial charge in [0.2, 0.25) is 0 Å². The molecule has 0 spiro atoms. The van der Waals surface area contributed by atoms with Gasteiger partial charge in [-0.05, 0) is 24.1 Å². The van der Waals surface area contributed by atoms with Gasteiger partial charge in [0.1, 0.15) is 0 Å². The number of fused-ring (bicyclic) bond motifs is 1. The van der Waals surface area contributed by atoms with E-state index >= 15 is 0 Å². The fourth-order valence-corrected chi connectivity index (χ4v) is 2.28. The maximum atomic E-state index is 3.42. The second-order valence-electron chi connectivity index (χ2n) is 2.96. The van der Waals surface area contributed by atoms with Gasteiger partial charge in [0.05, 0.1) is 0 Å². The molecule has 1 aliphatic rings. The minimum Gasteiger partial charge on any atom is -0.383 e. The zero-order chi connectivity index (χ0) is 8.39. The highest BCUT2D eigenvalue weighted by atomic mass is 32.2. The zero-order valence-corrected chi connectivity index (χ0v) is 8.08. The highest BCUT2D eigenvalue weighted by Gasteiger charge is 2.07. The Labute approximate surface area is 79.0 Å². The van der Waals surface area contributed by atoms with E-state index in [2.05, 4.69) is 30.4 Å². The molecule has 1 aromatic carbocycles. The van der Waals surface area contributed by atoms with Crippen molar-refractivity contribution in [3.05, 3.63) is 23.8 Å². The van der Waals surface area contributed by atoms with Crippen molar-refractivity contribution < 1.29 is 1.43 Å². The summed E-state index contributed by atoms with van der Waals surface area (Å²) in [5.41, 5.74) is 2.74. The van der Waals surface area contributed by atoms with Crippen molar-refractivity contribution >= 4 is 17.4 Å². The summed E-state index contributed by atoms with van der Waals surface area (Å²) in [6, 6.07) is 6.71. The highest BCUT2D eigenvalue weighted by Crippen LogP contribution is 2.31. The van der Waals surface area contributed by atoms with Gasteiger partial charge in [-0.2, -0.15) is 0 Å². The van der Waals surface area contributed by atoms with Crippen LogP contribution in [0.15, 0.2) is 23.1 Å². The van der Waals surface area contributed by atoms with Crippen molar-refractivity contribution in [3.8, 4) is 0 Å². The summed E-state index contributed by atoms with van der Waals surface area (Å²) in [6.07, 6.45) is 1.12. The van der Waals surface area contributed by atoms with Gasteiger partial charge in [0, 0.05) is 24.3 Å². The van der Waals surface area contributed by atoms with Crippen molar-refractivity contribution in [3.63, 3.8) is 0 Å². The van der Waals surface area contributed by atoms with Crippen LogP contribution in [0.1, 0.15) is 13.9 Å². The van der Waals surface area contributed by atoms with Gasteiger partial charge < -0.3 is 5.32 Å². The first-order chi connectivity index (χ1) is 5.90. The van der Waals surface area contributed by atoms with Gasteiger partial charge in [0.25, 0.3) is 0 Å². The van der Waals surface area contributed by atoms with Gasteiger partial charge in [-0.15, -0.1) is 11.8 Å². The number of benzene rings is 1. The van der Waals surface area contributed by atoms with Crippen molar-refractivity contribution in [1.82, 2.24) is 0 Å². The molecule has 0 bridgehead atoms. The van der Waals surface area contributed by atoms with Crippen molar-refractivity contribution in [2.45, 2.75) is 18.2 Å². The second kappa shape index (κ2) is 3.40. The Hall–Kier alpha value is -0.630. The molecule has 0 atom stereocenters. The Morgan fingerprint density at radius 2 is 2.50 bits per heavy atom. The SMILES string of the molecule is CCc1ccc2c(c1)NCCS2.[HH]. The third kappa shape index (κ3) is 1.44. The van der Waals surface area contributed by atoms with Crippen LogP contribution >= 0.6 is 11.8 Å². The quantitative estimate of drug-likeness (QED) is 0.714. The van der Waals surface area contributed by atoms with Gasteiger partial charge in [-0.25, -0.2) is 0 Å². The molecule has 1 heterocycles. The number of hydrogen-bond donors (Lipinski definition) is 1. The summed E-state index contributed by atoms with van der Waals surface area (Å²) in [6.45, 7) is 3.29. The van der Waals surface area contributed by atoms with Crippen LogP contribution in [0.3, 0.4) is 0 Å². The minimum absolute atomic E-state index is 0. The lowest BCUT2D eigenvalue weighted by Gasteiger charge is -2.17. The van der Waals surface area contributed by atoms with E-state index in [0.29, 0.717) is 0 Å². The number of nitrogens with one attached hydrogen (secondary N) is 1. The van der Waals surface area contributed by atoms with Crippen LogP contribution in [0.25, 0.3) is 0 Å². The van der Waals surface area contributed by atoms with Crippen LogP contribution in [0, 0.1) is 0 Å². The predicted molar refractivity (Wildman–Crippen MR) is 57.1 cm³/mol. The van der Waals surface area contributed by atoms with E-state index < -0.39 is 0 Å². The molecule has 0 amide bonds. The van der Waals surface area contributed by atoms with Gasteiger partial charge in [-0.3, -0.25) is 0 Å². The lowest BCUT2D eigenvalue weighted by Crippen LogP contribution is -2.10. The molecule has 0 saturated heterocycles. The van der Waals surface area contributed by atoms with Crippen LogP contribution < -0.4 is 5.32 Å². The Balaban J connectivity index is 0.000000845. The topological polar surface area (TPSA) is 12.0 Å². The largest absolute Gasteiger partial charge is 0.383 e. The Morgan fingerprint density at radius 3 is 3.33 bits per heavy atom. The molecule has 1 aromatic rings. The summed E-state index contributed by atoms with van der Waals surface area (Å²) in [5, 5.41) is 3.42. The van der Waals surface area contributed by atoms with E-state index in [-0.39, 0.29) is 1.43 Å².